The Morgan fingerprint density at radius 2 is 1.97 bits per heavy atom. The van der Waals surface area contributed by atoms with Gasteiger partial charge in [-0.1, -0.05) is 0 Å². The van der Waals surface area contributed by atoms with Gasteiger partial charge in [0.25, 0.3) is 0 Å². The molecule has 0 fully saturated rings. The van der Waals surface area contributed by atoms with Crippen LogP contribution >= 0.6 is 0 Å². The van der Waals surface area contributed by atoms with Crippen molar-refractivity contribution in [2.75, 3.05) is 22.9 Å². The lowest BCUT2D eigenvalue weighted by atomic mass is 10.1. The first-order valence-corrected chi connectivity index (χ1v) is 9.66. The van der Waals surface area contributed by atoms with Gasteiger partial charge in [0.05, 0.1) is 11.9 Å². The molecular weight excluding hydrogens is 370 g/mol. The molecule has 0 aliphatic rings. The van der Waals surface area contributed by atoms with Gasteiger partial charge in [-0.05, 0) is 52.3 Å². The van der Waals surface area contributed by atoms with Gasteiger partial charge in [0, 0.05) is 30.4 Å². The number of imidazole rings is 1. The molecule has 29 heavy (non-hydrogen) atoms. The van der Waals surface area contributed by atoms with E-state index in [4.69, 9.17) is 5.73 Å². The molecule has 9 heteroatoms. The van der Waals surface area contributed by atoms with Crippen LogP contribution in [-0.4, -0.2) is 41.9 Å². The van der Waals surface area contributed by atoms with Crippen molar-refractivity contribution in [2.24, 2.45) is 0 Å². The summed E-state index contributed by atoms with van der Waals surface area (Å²) >= 11 is 0. The van der Waals surface area contributed by atoms with Gasteiger partial charge < -0.3 is 31.1 Å². The van der Waals surface area contributed by atoms with E-state index < -0.39 is 5.60 Å². The van der Waals surface area contributed by atoms with Crippen LogP contribution in [0.4, 0.5) is 17.5 Å². The summed E-state index contributed by atoms with van der Waals surface area (Å²) in [5.74, 6) is 1.17. The fourth-order valence-corrected chi connectivity index (χ4v) is 2.90. The lowest BCUT2D eigenvalue weighted by Gasteiger charge is -2.17. The molecular formula is C20H29N7O2. The van der Waals surface area contributed by atoms with Crippen LogP contribution in [0.2, 0.25) is 0 Å². The van der Waals surface area contributed by atoms with Gasteiger partial charge in [0.1, 0.15) is 5.75 Å². The van der Waals surface area contributed by atoms with Crippen molar-refractivity contribution in [3.8, 4) is 5.75 Å². The Balaban J connectivity index is 1.90. The maximum atomic E-state index is 10.1. The second-order valence-electron chi connectivity index (χ2n) is 8.04. The van der Waals surface area contributed by atoms with Crippen LogP contribution in [0.15, 0.2) is 24.5 Å². The van der Waals surface area contributed by atoms with E-state index >= 15 is 0 Å². The molecule has 0 aliphatic carbocycles. The first-order valence-electron chi connectivity index (χ1n) is 9.66. The molecule has 0 radical (unpaired) electrons. The SMILES string of the molecule is CC(C)n1cnc2c(NCc3cc(N)ccc3O)nc(NCCC(C)(C)O)nc21. The molecule has 0 amide bonds. The molecule has 0 spiro atoms. The largest absolute Gasteiger partial charge is 0.508 e. The van der Waals surface area contributed by atoms with Crippen molar-refractivity contribution in [1.29, 1.82) is 0 Å². The first-order chi connectivity index (χ1) is 13.6. The number of aromatic nitrogens is 4. The summed E-state index contributed by atoms with van der Waals surface area (Å²) in [7, 11) is 0. The van der Waals surface area contributed by atoms with Crippen molar-refractivity contribution in [3.05, 3.63) is 30.1 Å². The minimum Gasteiger partial charge on any atom is -0.508 e. The van der Waals surface area contributed by atoms with Gasteiger partial charge >= 0.3 is 0 Å². The predicted octanol–water partition coefficient (Wildman–Crippen LogP) is 2.88. The highest BCUT2D eigenvalue weighted by Gasteiger charge is 2.16. The number of fused-ring (bicyclic) bond motifs is 1. The summed E-state index contributed by atoms with van der Waals surface area (Å²) in [5.41, 5.74) is 7.65. The Bertz CT molecular complexity index is 992. The van der Waals surface area contributed by atoms with Crippen molar-refractivity contribution in [2.45, 2.75) is 52.3 Å². The normalized spacial score (nSPS) is 11.9. The molecule has 3 rings (SSSR count). The number of hydrogen-bond acceptors (Lipinski definition) is 8. The number of nitrogens with two attached hydrogens (primary N) is 1. The van der Waals surface area contributed by atoms with Crippen LogP contribution in [0.25, 0.3) is 11.2 Å². The average Bonchev–Trinajstić information content (AvgIpc) is 3.05. The molecule has 0 atom stereocenters. The Morgan fingerprint density at radius 3 is 2.66 bits per heavy atom. The molecule has 0 unspecified atom stereocenters. The number of phenols is 1. The molecule has 1 aromatic carbocycles. The Morgan fingerprint density at radius 1 is 1.21 bits per heavy atom. The number of phenolic OH excluding ortho intramolecular Hbond substituents is 1. The maximum Gasteiger partial charge on any atom is 0.226 e. The number of benzene rings is 1. The lowest BCUT2D eigenvalue weighted by Crippen LogP contribution is -2.23. The average molecular weight is 399 g/mol. The molecule has 0 saturated carbocycles. The van der Waals surface area contributed by atoms with E-state index in [2.05, 4.69) is 39.4 Å². The quantitative estimate of drug-likeness (QED) is 0.288. The highest BCUT2D eigenvalue weighted by molar-refractivity contribution is 5.84. The van der Waals surface area contributed by atoms with Crippen LogP contribution in [-0.2, 0) is 6.54 Å². The lowest BCUT2D eigenvalue weighted by molar-refractivity contribution is 0.0748. The third-order valence-electron chi connectivity index (χ3n) is 4.55. The number of anilines is 3. The van der Waals surface area contributed by atoms with Gasteiger partial charge in [-0.2, -0.15) is 9.97 Å². The Labute approximate surface area is 170 Å². The van der Waals surface area contributed by atoms with Crippen LogP contribution in [0.3, 0.4) is 0 Å². The van der Waals surface area contributed by atoms with Gasteiger partial charge in [-0.25, -0.2) is 4.98 Å². The zero-order valence-corrected chi connectivity index (χ0v) is 17.3. The molecule has 6 N–H and O–H groups in total. The van der Waals surface area contributed by atoms with Crippen LogP contribution in [0.5, 0.6) is 5.75 Å². The molecule has 0 aliphatic heterocycles. The van der Waals surface area contributed by atoms with Crippen molar-refractivity contribution in [3.63, 3.8) is 0 Å². The number of nitrogen functional groups attached to an aromatic ring is 1. The van der Waals surface area contributed by atoms with E-state index in [0.29, 0.717) is 53.7 Å². The molecule has 0 bridgehead atoms. The number of hydrogen-bond donors (Lipinski definition) is 5. The zero-order valence-electron chi connectivity index (χ0n) is 17.3. The molecule has 3 aromatic rings. The second-order valence-corrected chi connectivity index (χ2v) is 8.04. The first kappa shape index (κ1) is 20.7. The fraction of sp³-hybridized carbons (Fsp3) is 0.450. The minimum absolute atomic E-state index is 0.160. The zero-order chi connectivity index (χ0) is 21.2. The maximum absolute atomic E-state index is 10.1. The van der Waals surface area contributed by atoms with Crippen LogP contribution in [0, 0.1) is 0 Å². The standard InChI is InChI=1S/C20H29N7O2/c1-12(2)27-11-24-16-17(23-10-13-9-14(21)5-6-15(13)28)25-19(26-18(16)27)22-8-7-20(3,4)29/h5-6,9,11-12,28-29H,7-8,10,21H2,1-4H3,(H2,22,23,25,26). The van der Waals surface area contributed by atoms with Crippen molar-refractivity contribution in [1.82, 2.24) is 19.5 Å². The topological polar surface area (TPSA) is 134 Å². The fourth-order valence-electron chi connectivity index (χ4n) is 2.90. The van der Waals surface area contributed by atoms with E-state index in [-0.39, 0.29) is 11.8 Å². The molecule has 2 aromatic heterocycles. The van der Waals surface area contributed by atoms with E-state index in [9.17, 15) is 10.2 Å². The number of rotatable bonds is 8. The monoisotopic (exact) mass is 399 g/mol. The summed E-state index contributed by atoms with van der Waals surface area (Å²) in [4.78, 5) is 13.6. The Hall–Kier alpha value is -3.07. The Kier molecular flexibility index (Phi) is 5.78. The van der Waals surface area contributed by atoms with E-state index in [0.717, 1.165) is 0 Å². The minimum atomic E-state index is -0.775. The van der Waals surface area contributed by atoms with Gasteiger partial charge in [0.2, 0.25) is 5.95 Å². The molecule has 156 valence electrons. The summed E-state index contributed by atoms with van der Waals surface area (Å²) in [6.45, 7) is 8.50. The highest BCUT2D eigenvalue weighted by Crippen LogP contribution is 2.26. The molecule has 2 heterocycles. The summed E-state index contributed by atoms with van der Waals surface area (Å²) in [6.07, 6.45) is 2.30. The summed E-state index contributed by atoms with van der Waals surface area (Å²) in [5, 5.41) is 26.4. The van der Waals surface area contributed by atoms with Crippen molar-refractivity contribution >= 4 is 28.6 Å². The third-order valence-corrected chi connectivity index (χ3v) is 4.55. The van der Waals surface area contributed by atoms with Gasteiger partial charge in [0.15, 0.2) is 17.0 Å². The number of nitrogens with zero attached hydrogens (tertiary/aromatic N) is 4. The highest BCUT2D eigenvalue weighted by atomic mass is 16.3. The summed E-state index contributed by atoms with van der Waals surface area (Å²) in [6, 6.07) is 5.12. The molecule has 9 nitrogen and oxygen atoms in total. The number of aliphatic hydroxyl groups is 1. The second kappa shape index (κ2) is 8.12. The van der Waals surface area contributed by atoms with Gasteiger partial charge in [-0.15, -0.1) is 0 Å². The van der Waals surface area contributed by atoms with Gasteiger partial charge in [-0.3, -0.25) is 0 Å². The smallest absolute Gasteiger partial charge is 0.226 e. The van der Waals surface area contributed by atoms with Crippen LogP contribution < -0.4 is 16.4 Å². The molecule has 0 saturated heterocycles. The van der Waals surface area contributed by atoms with Crippen molar-refractivity contribution < 1.29 is 10.2 Å². The number of aromatic hydroxyl groups is 1. The summed E-state index contributed by atoms with van der Waals surface area (Å²) < 4.78 is 1.97. The number of nitrogens with one attached hydrogen (secondary N) is 2. The van der Waals surface area contributed by atoms with E-state index in [1.807, 2.05) is 4.57 Å². The predicted molar refractivity (Wildman–Crippen MR) is 115 cm³/mol. The van der Waals surface area contributed by atoms with E-state index in [1.165, 1.54) is 0 Å². The van der Waals surface area contributed by atoms with Crippen LogP contribution in [0.1, 0.15) is 45.7 Å². The third kappa shape index (κ3) is 5.05. The van der Waals surface area contributed by atoms with E-state index in [1.54, 1.807) is 38.4 Å².